The zero-order valence-corrected chi connectivity index (χ0v) is 16.6. The van der Waals surface area contributed by atoms with E-state index in [1.807, 2.05) is 24.3 Å². The normalized spacial score (nSPS) is 20.9. The zero-order chi connectivity index (χ0) is 19.4. The Balaban J connectivity index is 1.50. The van der Waals surface area contributed by atoms with E-state index in [9.17, 15) is 12.8 Å². The molecule has 1 aliphatic rings. The van der Waals surface area contributed by atoms with Gasteiger partial charge in [-0.1, -0.05) is 35.9 Å². The van der Waals surface area contributed by atoms with Crippen molar-refractivity contribution in [2.45, 2.75) is 37.3 Å². The Hall–Kier alpha value is -1.47. The number of hydrogen-bond donors (Lipinski definition) is 1. The van der Waals surface area contributed by atoms with Gasteiger partial charge in [0.1, 0.15) is 5.82 Å². The molecular weight excluding hydrogens is 389 g/mol. The fourth-order valence-electron chi connectivity index (χ4n) is 3.36. The molecular formula is C20H23ClFNO3S. The lowest BCUT2D eigenvalue weighted by molar-refractivity contribution is 0.120. The SMILES string of the molecule is COC(Cc1ccc(F)cc1)CS(=O)(=O)NC1CC(c2ccc(Cl)cc2)C1. The molecule has 0 aromatic heterocycles. The molecule has 2 aromatic rings. The maximum Gasteiger partial charge on any atom is 0.214 e. The number of halogens is 2. The van der Waals surface area contributed by atoms with E-state index >= 15 is 0 Å². The van der Waals surface area contributed by atoms with Crippen LogP contribution in [0.3, 0.4) is 0 Å². The van der Waals surface area contributed by atoms with Gasteiger partial charge in [0.05, 0.1) is 11.9 Å². The van der Waals surface area contributed by atoms with Crippen LogP contribution in [0.2, 0.25) is 5.02 Å². The highest BCUT2D eigenvalue weighted by molar-refractivity contribution is 7.89. The standard InChI is InChI=1S/C20H23ClFNO3S/c1-26-20(10-14-2-8-18(22)9-3-14)13-27(24,25)23-19-11-16(12-19)15-4-6-17(21)7-5-15/h2-9,16,19-20,23H,10-13H2,1H3. The van der Waals surface area contributed by atoms with Crippen molar-refractivity contribution in [1.29, 1.82) is 0 Å². The maximum atomic E-state index is 13.0. The van der Waals surface area contributed by atoms with E-state index in [-0.39, 0.29) is 17.6 Å². The van der Waals surface area contributed by atoms with Crippen molar-refractivity contribution in [2.75, 3.05) is 12.9 Å². The predicted molar refractivity (Wildman–Crippen MR) is 105 cm³/mol. The van der Waals surface area contributed by atoms with Crippen molar-refractivity contribution < 1.29 is 17.5 Å². The average molecular weight is 412 g/mol. The third kappa shape index (κ3) is 5.75. The van der Waals surface area contributed by atoms with E-state index in [1.165, 1.54) is 24.8 Å². The minimum Gasteiger partial charge on any atom is -0.380 e. The Morgan fingerprint density at radius 1 is 1.15 bits per heavy atom. The highest BCUT2D eigenvalue weighted by Gasteiger charge is 2.33. The van der Waals surface area contributed by atoms with Crippen molar-refractivity contribution in [3.05, 3.63) is 70.5 Å². The van der Waals surface area contributed by atoms with E-state index in [2.05, 4.69) is 4.72 Å². The molecule has 1 aliphatic carbocycles. The van der Waals surface area contributed by atoms with Crippen LogP contribution in [0.15, 0.2) is 48.5 Å². The van der Waals surface area contributed by atoms with Gasteiger partial charge in [-0.3, -0.25) is 0 Å². The summed E-state index contributed by atoms with van der Waals surface area (Å²) in [6, 6.07) is 13.6. The van der Waals surface area contributed by atoms with Crippen LogP contribution < -0.4 is 4.72 Å². The van der Waals surface area contributed by atoms with Crippen LogP contribution in [0.4, 0.5) is 4.39 Å². The molecule has 0 bridgehead atoms. The first-order chi connectivity index (χ1) is 12.8. The number of ether oxygens (including phenoxy) is 1. The number of hydrogen-bond acceptors (Lipinski definition) is 3. The van der Waals surface area contributed by atoms with Gasteiger partial charge in [0.2, 0.25) is 10.0 Å². The fraction of sp³-hybridized carbons (Fsp3) is 0.400. The molecule has 0 aliphatic heterocycles. The van der Waals surface area contributed by atoms with Gasteiger partial charge >= 0.3 is 0 Å². The largest absolute Gasteiger partial charge is 0.380 e. The first kappa shape index (κ1) is 20.3. The van der Waals surface area contributed by atoms with Crippen molar-refractivity contribution in [1.82, 2.24) is 4.72 Å². The molecule has 1 saturated carbocycles. The zero-order valence-electron chi connectivity index (χ0n) is 15.1. The summed E-state index contributed by atoms with van der Waals surface area (Å²) in [5.41, 5.74) is 2.02. The highest BCUT2D eigenvalue weighted by atomic mass is 35.5. The van der Waals surface area contributed by atoms with Gasteiger partial charge in [0, 0.05) is 18.2 Å². The lowest BCUT2D eigenvalue weighted by Gasteiger charge is -2.36. The van der Waals surface area contributed by atoms with Gasteiger partial charge in [-0.2, -0.15) is 0 Å². The molecule has 0 saturated heterocycles. The molecule has 4 nitrogen and oxygen atoms in total. The smallest absolute Gasteiger partial charge is 0.214 e. The van der Waals surface area contributed by atoms with Crippen LogP contribution >= 0.6 is 11.6 Å². The minimum atomic E-state index is -3.46. The summed E-state index contributed by atoms with van der Waals surface area (Å²) in [7, 11) is -1.97. The monoisotopic (exact) mass is 411 g/mol. The van der Waals surface area contributed by atoms with Crippen molar-refractivity contribution >= 4 is 21.6 Å². The second-order valence-electron chi connectivity index (χ2n) is 7.00. The molecule has 2 aromatic carbocycles. The predicted octanol–water partition coefficient (Wildman–Crippen LogP) is 3.90. The summed E-state index contributed by atoms with van der Waals surface area (Å²) in [4.78, 5) is 0. The van der Waals surface area contributed by atoms with Crippen molar-refractivity contribution in [3.8, 4) is 0 Å². The summed E-state index contributed by atoms with van der Waals surface area (Å²) >= 11 is 5.90. The second kappa shape index (κ2) is 8.69. The van der Waals surface area contributed by atoms with Gasteiger partial charge in [0.15, 0.2) is 0 Å². The molecule has 0 heterocycles. The van der Waals surface area contributed by atoms with Gasteiger partial charge in [-0.05, 0) is 60.6 Å². The average Bonchev–Trinajstić information content (AvgIpc) is 2.60. The van der Waals surface area contributed by atoms with E-state index in [0.717, 1.165) is 18.4 Å². The van der Waals surface area contributed by atoms with Crippen molar-refractivity contribution in [3.63, 3.8) is 0 Å². The highest BCUT2D eigenvalue weighted by Crippen LogP contribution is 2.37. The summed E-state index contributed by atoms with van der Waals surface area (Å²) < 4.78 is 46.0. The van der Waals surface area contributed by atoms with E-state index in [1.54, 1.807) is 12.1 Å². The Bertz CT molecular complexity index is 850. The van der Waals surface area contributed by atoms with Crippen LogP contribution in [0.5, 0.6) is 0 Å². The molecule has 27 heavy (non-hydrogen) atoms. The van der Waals surface area contributed by atoms with Crippen molar-refractivity contribution in [2.24, 2.45) is 0 Å². The van der Waals surface area contributed by atoms with Gasteiger partial charge in [-0.25, -0.2) is 17.5 Å². The number of benzene rings is 2. The van der Waals surface area contributed by atoms with Crippen LogP contribution in [-0.2, 0) is 21.2 Å². The number of nitrogens with one attached hydrogen (secondary N) is 1. The number of sulfonamides is 1. The quantitative estimate of drug-likeness (QED) is 0.716. The molecule has 1 unspecified atom stereocenters. The first-order valence-corrected chi connectivity index (χ1v) is 10.9. The summed E-state index contributed by atoms with van der Waals surface area (Å²) in [6.07, 6.45) is 1.47. The molecule has 146 valence electrons. The molecule has 3 rings (SSSR count). The molecule has 7 heteroatoms. The lowest BCUT2D eigenvalue weighted by atomic mass is 9.76. The fourth-order valence-corrected chi connectivity index (χ4v) is 5.03. The molecule has 0 radical (unpaired) electrons. The summed E-state index contributed by atoms with van der Waals surface area (Å²) in [6.45, 7) is 0. The Labute approximate surface area is 164 Å². The van der Waals surface area contributed by atoms with Crippen LogP contribution in [0, 0.1) is 5.82 Å². The Morgan fingerprint density at radius 3 is 2.37 bits per heavy atom. The van der Waals surface area contributed by atoms with Gasteiger partial charge < -0.3 is 4.74 Å². The molecule has 0 spiro atoms. The third-order valence-electron chi connectivity index (χ3n) is 4.94. The topological polar surface area (TPSA) is 55.4 Å². The first-order valence-electron chi connectivity index (χ1n) is 8.87. The second-order valence-corrected chi connectivity index (χ2v) is 9.24. The third-order valence-corrected chi connectivity index (χ3v) is 6.70. The molecule has 1 atom stereocenters. The Kier molecular flexibility index (Phi) is 6.52. The number of rotatable bonds is 8. The molecule has 1 fully saturated rings. The van der Waals surface area contributed by atoms with Crippen LogP contribution in [0.1, 0.15) is 29.9 Å². The minimum absolute atomic E-state index is 0.0565. The van der Waals surface area contributed by atoms with E-state index in [4.69, 9.17) is 16.3 Å². The van der Waals surface area contributed by atoms with E-state index < -0.39 is 16.1 Å². The van der Waals surface area contributed by atoms with E-state index in [0.29, 0.717) is 17.4 Å². The maximum absolute atomic E-state index is 13.0. The number of methoxy groups -OCH3 is 1. The molecule has 1 N–H and O–H groups in total. The van der Waals surface area contributed by atoms with Gasteiger partial charge in [0.25, 0.3) is 0 Å². The van der Waals surface area contributed by atoms with Crippen LogP contribution in [0.25, 0.3) is 0 Å². The van der Waals surface area contributed by atoms with Gasteiger partial charge in [-0.15, -0.1) is 0 Å². The Morgan fingerprint density at radius 2 is 1.78 bits per heavy atom. The lowest BCUT2D eigenvalue weighted by Crippen LogP contribution is -2.46. The summed E-state index contributed by atoms with van der Waals surface area (Å²) in [5, 5.41) is 0.696. The molecule has 0 amide bonds. The summed E-state index contributed by atoms with van der Waals surface area (Å²) in [5.74, 6) is -0.0853. The van der Waals surface area contributed by atoms with Crippen LogP contribution in [-0.4, -0.2) is 33.4 Å².